The Bertz CT molecular complexity index is 850. The van der Waals surface area contributed by atoms with Crippen molar-refractivity contribution in [1.29, 1.82) is 0 Å². The number of rotatable bonds is 5. The van der Waals surface area contributed by atoms with Crippen molar-refractivity contribution in [3.05, 3.63) is 42.4 Å². The van der Waals surface area contributed by atoms with E-state index in [1.54, 1.807) is 0 Å². The van der Waals surface area contributed by atoms with Gasteiger partial charge in [-0.05, 0) is 36.8 Å². The highest BCUT2D eigenvalue weighted by molar-refractivity contribution is 7.85. The Kier molecular flexibility index (Phi) is 3.52. The Labute approximate surface area is 121 Å². The Morgan fingerprint density at radius 2 is 2.14 bits per heavy atom. The standard InChI is InChI=1S/C14H14N2O4S/c17-21(18,19)8-2-4-14-16-12-9-10(5-6-13(12)20-14)11-3-1-7-15-11/h1,3,5-7,9,15H,2,4,8H2,(H,17,18,19). The molecule has 7 heteroatoms. The molecule has 0 fully saturated rings. The van der Waals surface area contributed by atoms with E-state index in [4.69, 9.17) is 8.97 Å². The summed E-state index contributed by atoms with van der Waals surface area (Å²) in [5.41, 5.74) is 3.38. The number of hydrogen-bond donors (Lipinski definition) is 2. The maximum absolute atomic E-state index is 10.7. The highest BCUT2D eigenvalue weighted by atomic mass is 32.2. The van der Waals surface area contributed by atoms with E-state index in [1.165, 1.54) is 0 Å². The molecule has 0 saturated heterocycles. The van der Waals surface area contributed by atoms with Crippen LogP contribution in [-0.2, 0) is 16.5 Å². The first-order chi connectivity index (χ1) is 10.0. The molecule has 1 aromatic carbocycles. The van der Waals surface area contributed by atoms with E-state index >= 15 is 0 Å². The number of oxazole rings is 1. The maximum Gasteiger partial charge on any atom is 0.264 e. The van der Waals surface area contributed by atoms with Crippen LogP contribution in [0, 0.1) is 0 Å². The van der Waals surface area contributed by atoms with Crippen molar-refractivity contribution in [2.24, 2.45) is 0 Å². The molecule has 2 aromatic heterocycles. The van der Waals surface area contributed by atoms with Gasteiger partial charge in [0, 0.05) is 23.9 Å². The van der Waals surface area contributed by atoms with Crippen molar-refractivity contribution in [3.8, 4) is 11.3 Å². The maximum atomic E-state index is 10.7. The zero-order valence-electron chi connectivity index (χ0n) is 11.1. The predicted octanol–water partition coefficient (Wildman–Crippen LogP) is 2.64. The molecule has 0 aliphatic rings. The summed E-state index contributed by atoms with van der Waals surface area (Å²) < 4.78 is 35.6. The Morgan fingerprint density at radius 1 is 1.29 bits per heavy atom. The molecule has 110 valence electrons. The Hall–Kier alpha value is -2.12. The van der Waals surface area contributed by atoms with E-state index < -0.39 is 10.1 Å². The second-order valence-electron chi connectivity index (χ2n) is 4.76. The van der Waals surface area contributed by atoms with Crippen LogP contribution < -0.4 is 0 Å². The summed E-state index contributed by atoms with van der Waals surface area (Å²) in [6.45, 7) is 0. The summed E-state index contributed by atoms with van der Waals surface area (Å²) in [4.78, 5) is 7.47. The number of nitrogens with zero attached hydrogens (tertiary/aromatic N) is 1. The number of nitrogens with one attached hydrogen (secondary N) is 1. The molecule has 2 heterocycles. The largest absolute Gasteiger partial charge is 0.441 e. The van der Waals surface area contributed by atoms with Crippen molar-refractivity contribution in [1.82, 2.24) is 9.97 Å². The normalized spacial score (nSPS) is 12.0. The second-order valence-corrected chi connectivity index (χ2v) is 6.34. The molecule has 3 aromatic rings. The van der Waals surface area contributed by atoms with Crippen molar-refractivity contribution in [2.75, 3.05) is 5.75 Å². The average molecular weight is 306 g/mol. The third-order valence-corrected chi connectivity index (χ3v) is 3.94. The molecule has 0 spiro atoms. The quantitative estimate of drug-likeness (QED) is 0.706. The lowest BCUT2D eigenvalue weighted by Crippen LogP contribution is -2.04. The average Bonchev–Trinajstić information content (AvgIpc) is 3.05. The highest BCUT2D eigenvalue weighted by Gasteiger charge is 2.10. The van der Waals surface area contributed by atoms with Gasteiger partial charge in [0.2, 0.25) is 0 Å². The minimum absolute atomic E-state index is 0.273. The van der Waals surface area contributed by atoms with E-state index in [0.29, 0.717) is 17.9 Å². The zero-order valence-corrected chi connectivity index (χ0v) is 11.9. The lowest BCUT2D eigenvalue weighted by molar-refractivity contribution is 0.477. The van der Waals surface area contributed by atoms with E-state index in [1.807, 2.05) is 36.5 Å². The van der Waals surface area contributed by atoms with Gasteiger partial charge in [-0.1, -0.05) is 0 Å². The molecule has 0 radical (unpaired) electrons. The van der Waals surface area contributed by atoms with E-state index in [0.717, 1.165) is 16.8 Å². The molecular formula is C14H14N2O4S. The minimum atomic E-state index is -3.93. The highest BCUT2D eigenvalue weighted by Crippen LogP contribution is 2.24. The molecule has 0 aliphatic heterocycles. The van der Waals surface area contributed by atoms with Gasteiger partial charge in [0.25, 0.3) is 10.1 Å². The third-order valence-electron chi connectivity index (χ3n) is 3.13. The summed E-state index contributed by atoms with van der Waals surface area (Å²) in [5.74, 6) is 0.177. The van der Waals surface area contributed by atoms with Crippen molar-refractivity contribution < 1.29 is 17.4 Å². The molecule has 2 N–H and O–H groups in total. The third kappa shape index (κ3) is 3.32. The fraction of sp³-hybridized carbons (Fsp3) is 0.214. The van der Waals surface area contributed by atoms with Crippen LogP contribution in [0.3, 0.4) is 0 Å². The first kappa shape index (κ1) is 13.8. The summed E-state index contributed by atoms with van der Waals surface area (Å²) >= 11 is 0. The van der Waals surface area contributed by atoms with Crippen molar-refractivity contribution >= 4 is 21.2 Å². The zero-order chi connectivity index (χ0) is 14.9. The van der Waals surface area contributed by atoms with Crippen LogP contribution in [-0.4, -0.2) is 28.7 Å². The predicted molar refractivity (Wildman–Crippen MR) is 78.5 cm³/mol. The molecule has 0 saturated carbocycles. The van der Waals surface area contributed by atoms with Gasteiger partial charge in [0.15, 0.2) is 11.5 Å². The number of aromatic nitrogens is 2. The van der Waals surface area contributed by atoms with Crippen LogP contribution >= 0.6 is 0 Å². The molecule has 0 atom stereocenters. The molecule has 0 unspecified atom stereocenters. The first-order valence-electron chi connectivity index (χ1n) is 6.50. The summed E-state index contributed by atoms with van der Waals surface area (Å²) in [6, 6.07) is 9.57. The minimum Gasteiger partial charge on any atom is -0.441 e. The number of fused-ring (bicyclic) bond motifs is 1. The molecule has 3 rings (SSSR count). The van der Waals surface area contributed by atoms with Crippen LogP contribution in [0.5, 0.6) is 0 Å². The van der Waals surface area contributed by atoms with Gasteiger partial charge in [-0.25, -0.2) is 4.98 Å². The molecule has 21 heavy (non-hydrogen) atoms. The molecule has 0 aliphatic carbocycles. The van der Waals surface area contributed by atoms with Gasteiger partial charge in [0.05, 0.1) is 5.75 Å². The Morgan fingerprint density at radius 3 is 2.86 bits per heavy atom. The monoisotopic (exact) mass is 306 g/mol. The molecule has 6 nitrogen and oxygen atoms in total. The van der Waals surface area contributed by atoms with Crippen LogP contribution in [0.25, 0.3) is 22.4 Å². The van der Waals surface area contributed by atoms with Gasteiger partial charge in [0.1, 0.15) is 5.52 Å². The first-order valence-corrected chi connectivity index (χ1v) is 8.10. The van der Waals surface area contributed by atoms with Crippen molar-refractivity contribution in [2.45, 2.75) is 12.8 Å². The van der Waals surface area contributed by atoms with E-state index in [2.05, 4.69) is 9.97 Å². The van der Waals surface area contributed by atoms with Crippen molar-refractivity contribution in [3.63, 3.8) is 0 Å². The topological polar surface area (TPSA) is 96.2 Å². The van der Waals surface area contributed by atoms with Gasteiger partial charge in [-0.3, -0.25) is 4.55 Å². The van der Waals surface area contributed by atoms with Gasteiger partial charge in [-0.2, -0.15) is 8.42 Å². The number of benzene rings is 1. The van der Waals surface area contributed by atoms with Gasteiger partial charge in [-0.15, -0.1) is 0 Å². The SMILES string of the molecule is O=S(=O)(O)CCCc1nc2cc(-c3ccc[nH]3)ccc2o1. The van der Waals surface area contributed by atoms with Gasteiger partial charge >= 0.3 is 0 Å². The van der Waals surface area contributed by atoms with Crippen LogP contribution in [0.1, 0.15) is 12.3 Å². The Balaban J connectivity index is 1.80. The van der Waals surface area contributed by atoms with Gasteiger partial charge < -0.3 is 9.40 Å². The molecule has 0 amide bonds. The summed E-state index contributed by atoms with van der Waals surface area (Å²) in [6.07, 6.45) is 2.49. The van der Waals surface area contributed by atoms with E-state index in [-0.39, 0.29) is 12.2 Å². The smallest absolute Gasteiger partial charge is 0.264 e. The fourth-order valence-electron chi connectivity index (χ4n) is 2.17. The fourth-order valence-corrected chi connectivity index (χ4v) is 2.67. The van der Waals surface area contributed by atoms with Crippen LogP contribution in [0.2, 0.25) is 0 Å². The second kappa shape index (κ2) is 5.34. The summed E-state index contributed by atoms with van der Waals surface area (Å²) in [5, 5.41) is 0. The number of hydrogen-bond acceptors (Lipinski definition) is 4. The lowest BCUT2D eigenvalue weighted by Gasteiger charge is -1.96. The van der Waals surface area contributed by atoms with Crippen LogP contribution in [0.4, 0.5) is 0 Å². The number of aromatic amines is 1. The lowest BCUT2D eigenvalue weighted by atomic mass is 10.1. The van der Waals surface area contributed by atoms with E-state index in [9.17, 15) is 8.42 Å². The van der Waals surface area contributed by atoms with Crippen LogP contribution in [0.15, 0.2) is 40.9 Å². The number of H-pyrrole nitrogens is 1. The summed E-state index contributed by atoms with van der Waals surface area (Å²) in [7, 11) is -3.93. The molecule has 0 bridgehead atoms. The molecular weight excluding hydrogens is 292 g/mol. The number of aryl methyl sites for hydroxylation is 1.